The summed E-state index contributed by atoms with van der Waals surface area (Å²) < 4.78 is 4.87. The van der Waals surface area contributed by atoms with Crippen LogP contribution in [0.15, 0.2) is 0 Å². The summed E-state index contributed by atoms with van der Waals surface area (Å²) in [5.41, 5.74) is 0. The van der Waals surface area contributed by atoms with Gasteiger partial charge in [-0.25, -0.2) is 0 Å². The molecular weight excluding hydrogens is 288 g/mol. The first-order valence-corrected chi connectivity index (χ1v) is 6.59. The molecule has 100 valence electrons. The number of nitrogens with zero attached hydrogens (tertiary/aromatic N) is 1. The molecule has 0 heterocycles. The van der Waals surface area contributed by atoms with Gasteiger partial charge in [0, 0.05) is 27.3 Å². The van der Waals surface area contributed by atoms with Gasteiger partial charge in [-0.15, -0.1) is 0 Å². The van der Waals surface area contributed by atoms with E-state index < -0.39 is 0 Å². The van der Waals surface area contributed by atoms with Gasteiger partial charge in [0.2, 0.25) is 11.8 Å². The molecule has 0 aromatic heterocycles. The van der Waals surface area contributed by atoms with Crippen molar-refractivity contribution < 1.29 is 14.3 Å². The van der Waals surface area contributed by atoms with Crippen molar-refractivity contribution in [3.63, 3.8) is 0 Å². The minimum absolute atomic E-state index is 0.0699. The molecule has 2 amide bonds. The number of hydrogen-bond acceptors (Lipinski definition) is 3. The fraction of sp³-hybridized carbons (Fsp3) is 0.818. The highest BCUT2D eigenvalue weighted by molar-refractivity contribution is 9.10. The molecule has 0 fully saturated rings. The van der Waals surface area contributed by atoms with Crippen LogP contribution in [0, 0.1) is 0 Å². The summed E-state index contributed by atoms with van der Waals surface area (Å²) in [7, 11) is 3.25. The fourth-order valence-electron chi connectivity index (χ4n) is 1.21. The van der Waals surface area contributed by atoms with Crippen LogP contribution in [0.1, 0.15) is 19.8 Å². The van der Waals surface area contributed by atoms with Gasteiger partial charge < -0.3 is 15.0 Å². The molecule has 1 atom stereocenters. The lowest BCUT2D eigenvalue weighted by molar-refractivity contribution is -0.134. The minimum atomic E-state index is -0.214. The monoisotopic (exact) mass is 308 g/mol. The van der Waals surface area contributed by atoms with Gasteiger partial charge in [-0.2, -0.15) is 0 Å². The van der Waals surface area contributed by atoms with E-state index in [-0.39, 0.29) is 23.2 Å². The minimum Gasteiger partial charge on any atom is -0.385 e. The molecule has 0 aromatic rings. The van der Waals surface area contributed by atoms with E-state index in [1.165, 1.54) is 4.90 Å². The zero-order chi connectivity index (χ0) is 13.3. The van der Waals surface area contributed by atoms with E-state index in [9.17, 15) is 9.59 Å². The van der Waals surface area contributed by atoms with E-state index in [4.69, 9.17) is 4.74 Å². The molecule has 17 heavy (non-hydrogen) atoms. The number of alkyl halides is 1. The normalized spacial score (nSPS) is 12.0. The molecule has 0 aromatic carbocycles. The number of hydrogen-bond donors (Lipinski definition) is 1. The standard InChI is InChI=1S/C11H21BrN2O3/c1-4-9(12)11(16)14(2)8-10(15)13-6-5-7-17-3/h9H,4-8H2,1-3H3,(H,13,15). The zero-order valence-electron chi connectivity index (χ0n) is 10.7. The number of nitrogens with one attached hydrogen (secondary N) is 1. The second-order valence-electron chi connectivity index (χ2n) is 3.77. The summed E-state index contributed by atoms with van der Waals surface area (Å²) in [6.07, 6.45) is 1.48. The average Bonchev–Trinajstić information content (AvgIpc) is 2.32. The van der Waals surface area contributed by atoms with Crippen molar-refractivity contribution in [1.82, 2.24) is 10.2 Å². The fourth-order valence-corrected chi connectivity index (χ4v) is 1.56. The lowest BCUT2D eigenvalue weighted by Gasteiger charge is -2.19. The molecular formula is C11H21BrN2O3. The molecule has 0 aliphatic carbocycles. The summed E-state index contributed by atoms with van der Waals surface area (Å²) in [4.78, 5) is 24.3. The van der Waals surface area contributed by atoms with E-state index in [2.05, 4.69) is 21.2 Å². The largest absolute Gasteiger partial charge is 0.385 e. The van der Waals surface area contributed by atoms with Crippen LogP contribution in [0.4, 0.5) is 0 Å². The van der Waals surface area contributed by atoms with E-state index in [0.29, 0.717) is 19.6 Å². The molecule has 6 heteroatoms. The van der Waals surface area contributed by atoms with Crippen molar-refractivity contribution >= 4 is 27.7 Å². The maximum absolute atomic E-state index is 11.7. The lowest BCUT2D eigenvalue weighted by Crippen LogP contribution is -2.41. The van der Waals surface area contributed by atoms with Gasteiger partial charge in [0.05, 0.1) is 11.4 Å². The van der Waals surface area contributed by atoms with Crippen molar-refractivity contribution in [1.29, 1.82) is 0 Å². The predicted octanol–water partition coefficient (Wildman–Crippen LogP) is 0.771. The number of methoxy groups -OCH3 is 1. The van der Waals surface area contributed by atoms with Crippen molar-refractivity contribution in [2.75, 3.05) is 33.9 Å². The van der Waals surface area contributed by atoms with Gasteiger partial charge in [-0.1, -0.05) is 22.9 Å². The van der Waals surface area contributed by atoms with E-state index in [1.807, 2.05) is 6.92 Å². The topological polar surface area (TPSA) is 58.6 Å². The van der Waals surface area contributed by atoms with Crippen LogP contribution >= 0.6 is 15.9 Å². The Morgan fingerprint density at radius 2 is 2.12 bits per heavy atom. The summed E-state index contributed by atoms with van der Waals surface area (Å²) in [5, 5.41) is 2.73. The number of rotatable bonds is 8. The van der Waals surface area contributed by atoms with Crippen LogP contribution in [0.2, 0.25) is 0 Å². The Hall–Kier alpha value is -0.620. The van der Waals surface area contributed by atoms with Gasteiger partial charge in [0.1, 0.15) is 0 Å². The van der Waals surface area contributed by atoms with Gasteiger partial charge in [0.15, 0.2) is 0 Å². The van der Waals surface area contributed by atoms with Gasteiger partial charge in [-0.3, -0.25) is 9.59 Å². The van der Waals surface area contributed by atoms with Crippen molar-refractivity contribution in [3.8, 4) is 0 Å². The highest BCUT2D eigenvalue weighted by Gasteiger charge is 2.18. The molecule has 0 radical (unpaired) electrons. The van der Waals surface area contributed by atoms with E-state index in [1.54, 1.807) is 14.2 Å². The summed E-state index contributed by atoms with van der Waals surface area (Å²) in [6, 6.07) is 0. The Morgan fingerprint density at radius 1 is 1.47 bits per heavy atom. The Morgan fingerprint density at radius 3 is 2.65 bits per heavy atom. The van der Waals surface area contributed by atoms with Gasteiger partial charge in [0.25, 0.3) is 0 Å². The summed E-state index contributed by atoms with van der Waals surface area (Å²) >= 11 is 3.27. The first kappa shape index (κ1) is 16.4. The lowest BCUT2D eigenvalue weighted by atomic mass is 10.3. The molecule has 0 aliphatic heterocycles. The first-order chi connectivity index (χ1) is 8.02. The highest BCUT2D eigenvalue weighted by Crippen LogP contribution is 2.07. The number of likely N-dealkylation sites (N-methyl/N-ethyl adjacent to an activating group) is 1. The Balaban J connectivity index is 3.83. The maximum atomic E-state index is 11.7. The van der Waals surface area contributed by atoms with E-state index in [0.717, 1.165) is 6.42 Å². The Labute approximate surface area is 111 Å². The van der Waals surface area contributed by atoms with Crippen LogP contribution in [0.5, 0.6) is 0 Å². The molecule has 5 nitrogen and oxygen atoms in total. The van der Waals surface area contributed by atoms with Crippen molar-refractivity contribution in [2.24, 2.45) is 0 Å². The zero-order valence-corrected chi connectivity index (χ0v) is 12.2. The Kier molecular flexibility index (Phi) is 9.07. The second kappa shape index (κ2) is 9.41. The smallest absolute Gasteiger partial charge is 0.239 e. The maximum Gasteiger partial charge on any atom is 0.239 e. The number of carbonyl (C=O) groups is 2. The van der Waals surface area contributed by atoms with Crippen LogP contribution < -0.4 is 5.32 Å². The summed E-state index contributed by atoms with van der Waals surface area (Å²) in [6.45, 7) is 3.19. The first-order valence-electron chi connectivity index (χ1n) is 5.67. The van der Waals surface area contributed by atoms with Gasteiger partial charge in [-0.05, 0) is 12.8 Å². The third-order valence-electron chi connectivity index (χ3n) is 2.23. The Bertz CT molecular complexity index is 249. The molecule has 0 rings (SSSR count). The van der Waals surface area contributed by atoms with Crippen molar-refractivity contribution in [3.05, 3.63) is 0 Å². The molecule has 0 bridgehead atoms. The third-order valence-corrected chi connectivity index (χ3v) is 3.27. The van der Waals surface area contributed by atoms with Crippen LogP contribution in [-0.4, -0.2) is 55.4 Å². The molecule has 0 spiro atoms. The number of carbonyl (C=O) groups excluding carboxylic acids is 2. The number of halogens is 1. The highest BCUT2D eigenvalue weighted by atomic mass is 79.9. The summed E-state index contributed by atoms with van der Waals surface area (Å²) in [5.74, 6) is -0.215. The SMILES string of the molecule is CCC(Br)C(=O)N(C)CC(=O)NCCCOC. The molecule has 0 aliphatic rings. The van der Waals surface area contributed by atoms with Crippen LogP contribution in [0.25, 0.3) is 0 Å². The number of amides is 2. The second-order valence-corrected chi connectivity index (χ2v) is 4.87. The quantitative estimate of drug-likeness (QED) is 0.532. The van der Waals surface area contributed by atoms with E-state index >= 15 is 0 Å². The third kappa shape index (κ3) is 7.33. The molecule has 0 saturated heterocycles. The molecule has 1 N–H and O–H groups in total. The van der Waals surface area contributed by atoms with Crippen LogP contribution in [-0.2, 0) is 14.3 Å². The number of ether oxygens (including phenoxy) is 1. The van der Waals surface area contributed by atoms with Gasteiger partial charge >= 0.3 is 0 Å². The van der Waals surface area contributed by atoms with Crippen molar-refractivity contribution in [2.45, 2.75) is 24.6 Å². The molecule has 0 saturated carbocycles. The van der Waals surface area contributed by atoms with Crippen LogP contribution in [0.3, 0.4) is 0 Å². The average molecular weight is 309 g/mol. The molecule has 1 unspecified atom stereocenters. The predicted molar refractivity (Wildman–Crippen MR) is 70.1 cm³/mol.